The van der Waals surface area contributed by atoms with Gasteiger partial charge in [0.15, 0.2) is 0 Å². The molecule has 3 aliphatic heterocycles. The second-order valence-electron chi connectivity index (χ2n) is 9.25. The standard InChI is InChI=1S/C23H28N2O2S/c1-23(2)12-18-11-16(17-7-10-28-14-17)3-4-19(18)21(23)24-22(26)27-20-13-25-8-5-15(20)6-9-25/h3-4,7,10-11,14-15,20-21H,5-6,8-9,12-13H2,1-2H3,(H,24,26)/t20-,21?/m0/s1. The minimum Gasteiger partial charge on any atom is -0.445 e. The van der Waals surface area contributed by atoms with Crippen LogP contribution in [0.3, 0.4) is 0 Å². The lowest BCUT2D eigenvalue weighted by Crippen LogP contribution is -2.53. The minimum absolute atomic E-state index is 0.00684. The molecular formula is C23H28N2O2S. The molecule has 5 heteroatoms. The lowest BCUT2D eigenvalue weighted by atomic mass is 9.85. The lowest BCUT2D eigenvalue weighted by molar-refractivity contribution is -0.0348. The first-order valence-corrected chi connectivity index (χ1v) is 11.3. The zero-order chi connectivity index (χ0) is 19.3. The van der Waals surface area contributed by atoms with Crippen molar-refractivity contribution in [3.8, 4) is 11.1 Å². The number of alkyl carbamates (subject to hydrolysis) is 1. The third-order valence-electron chi connectivity index (χ3n) is 6.85. The third-order valence-corrected chi connectivity index (χ3v) is 7.54. The predicted molar refractivity (Wildman–Crippen MR) is 113 cm³/mol. The van der Waals surface area contributed by atoms with Gasteiger partial charge >= 0.3 is 6.09 Å². The van der Waals surface area contributed by atoms with Crippen LogP contribution in [-0.4, -0.2) is 36.7 Å². The van der Waals surface area contributed by atoms with Crippen molar-refractivity contribution in [2.75, 3.05) is 19.6 Å². The second kappa shape index (κ2) is 6.89. The van der Waals surface area contributed by atoms with Crippen LogP contribution in [0.15, 0.2) is 35.0 Å². The van der Waals surface area contributed by atoms with Crippen LogP contribution in [-0.2, 0) is 11.2 Å². The summed E-state index contributed by atoms with van der Waals surface area (Å²) in [5, 5.41) is 7.50. The summed E-state index contributed by atoms with van der Waals surface area (Å²) in [5.41, 5.74) is 5.07. The van der Waals surface area contributed by atoms with Gasteiger partial charge < -0.3 is 10.1 Å². The summed E-state index contributed by atoms with van der Waals surface area (Å²) in [6.07, 6.45) is 3.06. The van der Waals surface area contributed by atoms with E-state index < -0.39 is 0 Å². The molecule has 1 amide bonds. The monoisotopic (exact) mass is 396 g/mol. The van der Waals surface area contributed by atoms with Crippen molar-refractivity contribution < 1.29 is 9.53 Å². The number of amides is 1. The maximum atomic E-state index is 12.7. The summed E-state index contributed by atoms with van der Waals surface area (Å²) >= 11 is 1.72. The number of rotatable bonds is 3. The fourth-order valence-electron chi connectivity index (χ4n) is 5.27. The first kappa shape index (κ1) is 18.2. The van der Waals surface area contributed by atoms with Crippen LogP contribution >= 0.6 is 11.3 Å². The molecule has 4 aliphatic rings. The summed E-state index contributed by atoms with van der Waals surface area (Å²) < 4.78 is 5.89. The highest BCUT2D eigenvalue weighted by Gasteiger charge is 2.42. The largest absolute Gasteiger partial charge is 0.445 e. The first-order valence-electron chi connectivity index (χ1n) is 10.3. The van der Waals surface area contributed by atoms with Gasteiger partial charge in [-0.15, -0.1) is 0 Å². The number of hydrogen-bond donors (Lipinski definition) is 1. The van der Waals surface area contributed by atoms with Gasteiger partial charge in [-0.25, -0.2) is 4.79 Å². The average Bonchev–Trinajstić information content (AvgIpc) is 3.29. The molecule has 1 unspecified atom stereocenters. The Morgan fingerprint density at radius 1 is 1.21 bits per heavy atom. The molecule has 4 heterocycles. The van der Waals surface area contributed by atoms with Crippen LogP contribution in [0, 0.1) is 11.3 Å². The zero-order valence-corrected chi connectivity index (χ0v) is 17.4. The molecule has 0 radical (unpaired) electrons. The van der Waals surface area contributed by atoms with Gasteiger partial charge in [0.25, 0.3) is 0 Å². The molecule has 1 aromatic carbocycles. The maximum Gasteiger partial charge on any atom is 0.407 e. The van der Waals surface area contributed by atoms with Crippen LogP contribution in [0.1, 0.15) is 43.9 Å². The molecule has 0 saturated carbocycles. The molecule has 3 fully saturated rings. The van der Waals surface area contributed by atoms with E-state index in [9.17, 15) is 4.79 Å². The van der Waals surface area contributed by atoms with E-state index in [2.05, 4.69) is 59.1 Å². The number of carbonyl (C=O) groups is 1. The number of ether oxygens (including phenoxy) is 1. The molecule has 1 aromatic heterocycles. The highest BCUT2D eigenvalue weighted by atomic mass is 32.1. The quantitative estimate of drug-likeness (QED) is 0.806. The van der Waals surface area contributed by atoms with E-state index in [4.69, 9.17) is 4.74 Å². The van der Waals surface area contributed by atoms with Crippen molar-refractivity contribution >= 4 is 17.4 Å². The Morgan fingerprint density at radius 2 is 2.04 bits per heavy atom. The molecule has 0 spiro atoms. The number of nitrogens with zero attached hydrogens (tertiary/aromatic N) is 1. The third kappa shape index (κ3) is 3.25. The van der Waals surface area contributed by atoms with Gasteiger partial charge in [-0.05, 0) is 82.8 Å². The highest BCUT2D eigenvalue weighted by molar-refractivity contribution is 7.08. The van der Waals surface area contributed by atoms with Crippen LogP contribution in [0.4, 0.5) is 4.79 Å². The van der Waals surface area contributed by atoms with Crippen molar-refractivity contribution in [1.82, 2.24) is 10.2 Å². The molecular weight excluding hydrogens is 368 g/mol. The Kier molecular flexibility index (Phi) is 4.48. The van der Waals surface area contributed by atoms with Gasteiger partial charge in [-0.3, -0.25) is 4.90 Å². The van der Waals surface area contributed by atoms with E-state index >= 15 is 0 Å². The average molecular weight is 397 g/mol. The molecule has 28 heavy (non-hydrogen) atoms. The van der Waals surface area contributed by atoms with Gasteiger partial charge in [0, 0.05) is 6.54 Å². The molecule has 148 valence electrons. The van der Waals surface area contributed by atoms with Crippen LogP contribution in [0.25, 0.3) is 11.1 Å². The zero-order valence-electron chi connectivity index (χ0n) is 16.6. The number of thiophene rings is 1. The topological polar surface area (TPSA) is 41.6 Å². The summed E-state index contributed by atoms with van der Waals surface area (Å²) in [5.74, 6) is 0.535. The van der Waals surface area contributed by atoms with E-state index in [1.165, 1.54) is 22.3 Å². The molecule has 2 atom stereocenters. The van der Waals surface area contributed by atoms with Gasteiger partial charge in [0.2, 0.25) is 0 Å². The Morgan fingerprint density at radius 3 is 2.71 bits per heavy atom. The van der Waals surface area contributed by atoms with Crippen molar-refractivity contribution in [2.24, 2.45) is 11.3 Å². The Bertz CT molecular complexity index is 869. The van der Waals surface area contributed by atoms with Crippen molar-refractivity contribution in [3.05, 3.63) is 46.2 Å². The Labute approximate surface area is 170 Å². The highest BCUT2D eigenvalue weighted by Crippen LogP contribution is 2.46. The molecule has 4 nitrogen and oxygen atoms in total. The maximum absolute atomic E-state index is 12.7. The molecule has 1 N–H and O–H groups in total. The first-order chi connectivity index (χ1) is 13.5. The molecule has 1 aliphatic carbocycles. The van der Waals surface area contributed by atoms with Crippen molar-refractivity contribution in [2.45, 2.75) is 45.3 Å². The number of hydrogen-bond acceptors (Lipinski definition) is 4. The molecule has 2 aromatic rings. The van der Waals surface area contributed by atoms with Gasteiger partial charge in [-0.1, -0.05) is 32.0 Å². The van der Waals surface area contributed by atoms with Crippen LogP contribution in [0.5, 0.6) is 0 Å². The van der Waals surface area contributed by atoms with Gasteiger partial charge in [0.05, 0.1) is 6.04 Å². The lowest BCUT2D eigenvalue weighted by Gasteiger charge is -2.44. The summed E-state index contributed by atoms with van der Waals surface area (Å²) in [6.45, 7) is 7.67. The normalized spacial score (nSPS) is 30.1. The van der Waals surface area contributed by atoms with Crippen molar-refractivity contribution in [3.63, 3.8) is 0 Å². The van der Waals surface area contributed by atoms with E-state index in [0.717, 1.165) is 38.9 Å². The van der Waals surface area contributed by atoms with E-state index in [1.54, 1.807) is 11.3 Å². The summed E-state index contributed by atoms with van der Waals surface area (Å²) in [7, 11) is 0. The number of nitrogens with one attached hydrogen (secondary N) is 1. The Hall–Kier alpha value is -1.85. The SMILES string of the molecule is CC1(C)Cc2cc(-c3ccsc3)ccc2C1NC(=O)O[C@H]1CN2CCC1CC2. The van der Waals surface area contributed by atoms with E-state index in [1.807, 2.05) is 0 Å². The number of benzene rings is 1. The minimum atomic E-state index is -0.258. The van der Waals surface area contributed by atoms with Crippen LogP contribution < -0.4 is 5.32 Å². The smallest absolute Gasteiger partial charge is 0.407 e. The van der Waals surface area contributed by atoms with Gasteiger partial charge in [0.1, 0.15) is 6.10 Å². The predicted octanol–water partition coefficient (Wildman–Crippen LogP) is 4.86. The molecule has 2 bridgehead atoms. The summed E-state index contributed by atoms with van der Waals surface area (Å²) in [6, 6.07) is 8.81. The fraction of sp³-hybridized carbons (Fsp3) is 0.522. The second-order valence-corrected chi connectivity index (χ2v) is 10.0. The van der Waals surface area contributed by atoms with Gasteiger partial charge in [-0.2, -0.15) is 11.3 Å². The molecule has 6 rings (SSSR count). The van der Waals surface area contributed by atoms with E-state index in [0.29, 0.717) is 5.92 Å². The Balaban J connectivity index is 1.32. The van der Waals surface area contributed by atoms with Crippen LogP contribution in [0.2, 0.25) is 0 Å². The van der Waals surface area contributed by atoms with E-state index in [-0.39, 0.29) is 23.7 Å². The number of piperidine rings is 3. The molecule has 3 saturated heterocycles. The number of carbonyl (C=O) groups excluding carboxylic acids is 1. The summed E-state index contributed by atoms with van der Waals surface area (Å²) in [4.78, 5) is 15.2. The van der Waals surface area contributed by atoms with Crippen molar-refractivity contribution in [1.29, 1.82) is 0 Å². The number of fused-ring (bicyclic) bond motifs is 4. The fourth-order valence-corrected chi connectivity index (χ4v) is 5.93.